The first-order chi connectivity index (χ1) is 13.6. The van der Waals surface area contributed by atoms with Crippen molar-refractivity contribution in [2.24, 2.45) is 0 Å². The van der Waals surface area contributed by atoms with E-state index in [1.807, 2.05) is 68.4 Å². The highest BCUT2D eigenvalue weighted by atomic mass is 35.5. The summed E-state index contributed by atoms with van der Waals surface area (Å²) < 4.78 is 10.5. The van der Waals surface area contributed by atoms with E-state index in [-0.39, 0.29) is 17.2 Å². The zero-order valence-electron chi connectivity index (χ0n) is 15.9. The van der Waals surface area contributed by atoms with Gasteiger partial charge in [0, 0.05) is 12.0 Å². The van der Waals surface area contributed by atoms with Gasteiger partial charge in [0.05, 0.1) is 18.3 Å². The van der Waals surface area contributed by atoms with Gasteiger partial charge in [-0.05, 0) is 55.1 Å². The van der Waals surface area contributed by atoms with E-state index in [9.17, 15) is 4.79 Å². The number of benzene rings is 2. The summed E-state index contributed by atoms with van der Waals surface area (Å²) in [5.74, 6) is 0.737. The molecule has 0 spiro atoms. The minimum atomic E-state index is -0.247. The van der Waals surface area contributed by atoms with Gasteiger partial charge < -0.3 is 14.6 Å². The third-order valence-electron chi connectivity index (χ3n) is 4.50. The highest BCUT2D eigenvalue weighted by Crippen LogP contribution is 2.25. The molecule has 1 aromatic heterocycles. The molecule has 1 amide bonds. The molecule has 3 rings (SSSR count). The fourth-order valence-electron chi connectivity index (χ4n) is 3.04. The van der Waals surface area contributed by atoms with E-state index >= 15 is 0 Å². The molecule has 0 bridgehead atoms. The number of halogens is 1. The van der Waals surface area contributed by atoms with Gasteiger partial charge in [-0.15, -0.1) is 0 Å². The van der Waals surface area contributed by atoms with Gasteiger partial charge in [-0.3, -0.25) is 4.79 Å². The van der Waals surface area contributed by atoms with Gasteiger partial charge in [-0.1, -0.05) is 47.6 Å². The second-order valence-corrected chi connectivity index (χ2v) is 6.78. The fraction of sp³-hybridized carbons (Fsp3) is 0.273. The molecule has 6 heteroatoms. The minimum absolute atomic E-state index is 0.0700. The van der Waals surface area contributed by atoms with Gasteiger partial charge in [0.2, 0.25) is 11.1 Å². The smallest absolute Gasteiger partial charge is 0.229 e. The Labute approximate surface area is 169 Å². The number of aromatic nitrogens is 1. The largest absolute Gasteiger partial charge is 0.494 e. The number of hydrogen-bond acceptors (Lipinski definition) is 4. The van der Waals surface area contributed by atoms with E-state index < -0.39 is 0 Å². The average molecular weight is 399 g/mol. The molecule has 0 aliphatic rings. The summed E-state index contributed by atoms with van der Waals surface area (Å²) in [4.78, 5) is 12.7. The second kappa shape index (κ2) is 9.42. The molecule has 0 aliphatic carbocycles. The van der Waals surface area contributed by atoms with Crippen LogP contribution in [0.5, 0.6) is 5.75 Å². The summed E-state index contributed by atoms with van der Waals surface area (Å²) in [7, 11) is 0. The zero-order chi connectivity index (χ0) is 19.9. The summed E-state index contributed by atoms with van der Waals surface area (Å²) in [5, 5.41) is 7.20. The lowest BCUT2D eigenvalue weighted by Gasteiger charge is -2.20. The van der Waals surface area contributed by atoms with Crippen LogP contribution in [0, 0.1) is 6.92 Å². The molecular weight excluding hydrogens is 376 g/mol. The van der Waals surface area contributed by atoms with E-state index in [1.54, 1.807) is 0 Å². The summed E-state index contributed by atoms with van der Waals surface area (Å²) in [6, 6.07) is 17.4. The number of carbonyl (C=O) groups excluding carboxylic acids is 1. The Hall–Kier alpha value is -2.79. The van der Waals surface area contributed by atoms with E-state index in [0.717, 1.165) is 22.4 Å². The Balaban J connectivity index is 1.75. The van der Waals surface area contributed by atoms with Gasteiger partial charge in [0.25, 0.3) is 0 Å². The van der Waals surface area contributed by atoms with Crippen LogP contribution in [0.4, 0.5) is 0 Å². The van der Waals surface area contributed by atoms with E-state index in [4.69, 9.17) is 20.9 Å². The van der Waals surface area contributed by atoms with Crippen LogP contribution >= 0.6 is 11.6 Å². The van der Waals surface area contributed by atoms with Crippen molar-refractivity contribution in [3.63, 3.8) is 0 Å². The highest BCUT2D eigenvalue weighted by Gasteiger charge is 2.18. The lowest BCUT2D eigenvalue weighted by Crippen LogP contribution is -2.29. The molecule has 3 aromatic rings. The zero-order valence-corrected chi connectivity index (χ0v) is 16.7. The SMILES string of the molecule is CCOc1ccc([C@H](NC(=O)CCc2c(C)noc2Cl)c2ccccc2)cc1. The Bertz CT molecular complexity index is 888. The molecule has 5 nitrogen and oxygen atoms in total. The third kappa shape index (κ3) is 4.93. The van der Waals surface area contributed by atoms with Crippen molar-refractivity contribution in [2.75, 3.05) is 6.61 Å². The van der Waals surface area contributed by atoms with Crippen LogP contribution in [0.25, 0.3) is 0 Å². The quantitative estimate of drug-likeness (QED) is 0.587. The first-order valence-electron chi connectivity index (χ1n) is 9.26. The molecule has 0 unspecified atom stereocenters. The predicted molar refractivity (Wildman–Crippen MR) is 109 cm³/mol. The molecule has 28 heavy (non-hydrogen) atoms. The monoisotopic (exact) mass is 398 g/mol. The first-order valence-corrected chi connectivity index (χ1v) is 9.64. The number of aryl methyl sites for hydroxylation is 1. The topological polar surface area (TPSA) is 64.4 Å². The minimum Gasteiger partial charge on any atom is -0.494 e. The van der Waals surface area contributed by atoms with Gasteiger partial charge >= 0.3 is 0 Å². The van der Waals surface area contributed by atoms with Crippen molar-refractivity contribution in [1.29, 1.82) is 0 Å². The van der Waals surface area contributed by atoms with Crippen LogP contribution < -0.4 is 10.1 Å². The number of ether oxygens (including phenoxy) is 1. The maximum atomic E-state index is 12.7. The van der Waals surface area contributed by atoms with Gasteiger partial charge in [0.15, 0.2) is 0 Å². The molecule has 0 saturated heterocycles. The summed E-state index contributed by atoms with van der Waals surface area (Å²) >= 11 is 5.99. The van der Waals surface area contributed by atoms with E-state index in [0.29, 0.717) is 25.1 Å². The molecule has 0 fully saturated rings. The lowest BCUT2D eigenvalue weighted by molar-refractivity contribution is -0.121. The molecule has 2 aromatic carbocycles. The van der Waals surface area contributed by atoms with E-state index in [1.165, 1.54) is 0 Å². The van der Waals surface area contributed by atoms with Crippen molar-refractivity contribution >= 4 is 17.5 Å². The molecular formula is C22H23ClN2O3. The van der Waals surface area contributed by atoms with Crippen LogP contribution in [-0.4, -0.2) is 17.7 Å². The third-order valence-corrected chi connectivity index (χ3v) is 4.80. The van der Waals surface area contributed by atoms with Crippen LogP contribution in [-0.2, 0) is 11.2 Å². The van der Waals surface area contributed by atoms with Crippen molar-refractivity contribution in [3.05, 3.63) is 82.2 Å². The van der Waals surface area contributed by atoms with E-state index in [2.05, 4.69) is 10.5 Å². The number of rotatable bonds is 8. The second-order valence-electron chi connectivity index (χ2n) is 6.43. The Kier molecular flexibility index (Phi) is 6.71. The summed E-state index contributed by atoms with van der Waals surface area (Å²) in [6.07, 6.45) is 0.771. The van der Waals surface area contributed by atoms with Crippen LogP contribution in [0.2, 0.25) is 5.22 Å². The Morgan fingerprint density at radius 3 is 2.43 bits per heavy atom. The first kappa shape index (κ1) is 20.0. The Morgan fingerprint density at radius 2 is 1.82 bits per heavy atom. The lowest BCUT2D eigenvalue weighted by atomic mass is 9.98. The number of amides is 1. The molecule has 1 N–H and O–H groups in total. The maximum Gasteiger partial charge on any atom is 0.229 e. The number of nitrogens with zero attached hydrogens (tertiary/aromatic N) is 1. The number of carbonyl (C=O) groups is 1. The summed E-state index contributed by atoms with van der Waals surface area (Å²) in [6.45, 7) is 4.38. The van der Waals surface area contributed by atoms with Crippen molar-refractivity contribution in [3.8, 4) is 5.75 Å². The fourth-order valence-corrected chi connectivity index (χ4v) is 3.31. The molecule has 1 atom stereocenters. The summed E-state index contributed by atoms with van der Waals surface area (Å²) in [5.41, 5.74) is 3.49. The van der Waals surface area contributed by atoms with Gasteiger partial charge in [-0.25, -0.2) is 0 Å². The Morgan fingerprint density at radius 1 is 1.14 bits per heavy atom. The van der Waals surface area contributed by atoms with Gasteiger partial charge in [0.1, 0.15) is 5.75 Å². The van der Waals surface area contributed by atoms with Gasteiger partial charge in [-0.2, -0.15) is 0 Å². The molecule has 0 saturated carbocycles. The number of nitrogens with one attached hydrogen (secondary N) is 1. The van der Waals surface area contributed by atoms with Crippen LogP contribution in [0.15, 0.2) is 59.1 Å². The molecule has 0 radical (unpaired) electrons. The van der Waals surface area contributed by atoms with Crippen molar-refractivity contribution < 1.29 is 14.1 Å². The van der Waals surface area contributed by atoms with Crippen molar-refractivity contribution in [2.45, 2.75) is 32.7 Å². The predicted octanol–water partition coefficient (Wildman–Crippen LogP) is 4.87. The molecule has 0 aliphatic heterocycles. The highest BCUT2D eigenvalue weighted by molar-refractivity contribution is 6.29. The van der Waals surface area contributed by atoms with Crippen LogP contribution in [0.3, 0.4) is 0 Å². The normalized spacial score (nSPS) is 11.8. The standard InChI is InChI=1S/C22H23ClN2O3/c1-3-27-18-11-9-17(10-12-18)21(16-7-5-4-6-8-16)24-20(26)14-13-19-15(2)25-28-22(19)23/h4-12,21H,3,13-14H2,1-2H3,(H,24,26)/t21-/m1/s1. The van der Waals surface area contributed by atoms with Crippen LogP contribution in [0.1, 0.15) is 41.8 Å². The molecule has 1 heterocycles. The maximum absolute atomic E-state index is 12.7. The number of hydrogen-bond donors (Lipinski definition) is 1. The van der Waals surface area contributed by atoms with Crippen molar-refractivity contribution in [1.82, 2.24) is 10.5 Å². The average Bonchev–Trinajstić information content (AvgIpc) is 3.04. The molecule has 146 valence electrons.